The van der Waals surface area contributed by atoms with E-state index in [0.717, 1.165) is 5.56 Å². The smallest absolute Gasteiger partial charge is 0.269 e. The molecular weight excluding hydrogens is 435 g/mol. The third-order valence-electron chi connectivity index (χ3n) is 5.50. The zero-order chi connectivity index (χ0) is 22.3. The molecule has 0 spiro atoms. The van der Waals surface area contributed by atoms with Crippen LogP contribution < -0.4 is 10.3 Å². The van der Waals surface area contributed by atoms with Crippen molar-refractivity contribution in [3.8, 4) is 0 Å². The van der Waals surface area contributed by atoms with Crippen LogP contribution in [0.4, 0.5) is 10.1 Å². The van der Waals surface area contributed by atoms with Crippen molar-refractivity contribution in [3.05, 3.63) is 62.3 Å². The lowest BCUT2D eigenvalue weighted by atomic mass is 10.1. The number of aryl methyl sites for hydroxylation is 1. The predicted octanol–water partition coefficient (Wildman–Crippen LogP) is 2.09. The SMILES string of the molecule is Cc1ccc(Cc2c(NS(=O)(=O)C3(C[C@H](O)CO)CC3)cc(Cl)c(=O)n2C)c(F)c1. The second-order valence-corrected chi connectivity index (χ2v) is 10.3. The molecule has 1 saturated carbocycles. The molecule has 0 aliphatic heterocycles. The number of pyridine rings is 1. The van der Waals surface area contributed by atoms with Crippen LogP contribution in [0, 0.1) is 12.7 Å². The van der Waals surface area contributed by atoms with Crippen LogP contribution in [0.15, 0.2) is 29.1 Å². The summed E-state index contributed by atoms with van der Waals surface area (Å²) >= 11 is 6.00. The van der Waals surface area contributed by atoms with Gasteiger partial charge >= 0.3 is 0 Å². The Morgan fingerprint density at radius 2 is 2.00 bits per heavy atom. The minimum absolute atomic E-state index is 0.0286. The van der Waals surface area contributed by atoms with Crippen molar-refractivity contribution in [2.24, 2.45) is 7.05 Å². The summed E-state index contributed by atoms with van der Waals surface area (Å²) in [7, 11) is -2.53. The lowest BCUT2D eigenvalue weighted by molar-refractivity contribution is 0.0858. The number of aromatic nitrogens is 1. The highest BCUT2D eigenvalue weighted by molar-refractivity contribution is 7.94. The topological polar surface area (TPSA) is 109 Å². The number of aliphatic hydroxyl groups is 2. The van der Waals surface area contributed by atoms with Crippen LogP contribution in [0.5, 0.6) is 0 Å². The average molecular weight is 459 g/mol. The van der Waals surface area contributed by atoms with Gasteiger partial charge < -0.3 is 14.8 Å². The van der Waals surface area contributed by atoms with E-state index >= 15 is 0 Å². The normalized spacial score (nSPS) is 16.3. The number of hydrogen-bond donors (Lipinski definition) is 3. The molecule has 0 amide bonds. The van der Waals surface area contributed by atoms with Gasteiger partial charge in [-0.05, 0) is 49.4 Å². The maximum absolute atomic E-state index is 14.4. The fraction of sp³-hybridized carbons (Fsp3) is 0.450. The van der Waals surface area contributed by atoms with Crippen LogP contribution in [0.3, 0.4) is 0 Å². The van der Waals surface area contributed by atoms with Gasteiger partial charge in [-0.1, -0.05) is 23.7 Å². The summed E-state index contributed by atoms with van der Waals surface area (Å²) in [6.07, 6.45) is -0.630. The number of sulfonamides is 1. The first-order valence-corrected chi connectivity index (χ1v) is 11.3. The molecule has 0 bridgehead atoms. The van der Waals surface area contributed by atoms with Crippen LogP contribution in [-0.4, -0.2) is 40.7 Å². The first-order chi connectivity index (χ1) is 14.0. The minimum atomic E-state index is -3.97. The monoisotopic (exact) mass is 458 g/mol. The number of benzene rings is 1. The van der Waals surface area contributed by atoms with E-state index in [4.69, 9.17) is 16.7 Å². The molecule has 1 aromatic heterocycles. The van der Waals surface area contributed by atoms with E-state index < -0.39 is 38.9 Å². The fourth-order valence-corrected chi connectivity index (χ4v) is 5.45. The molecule has 3 N–H and O–H groups in total. The van der Waals surface area contributed by atoms with E-state index in [1.807, 2.05) is 0 Å². The molecule has 0 radical (unpaired) electrons. The quantitative estimate of drug-likeness (QED) is 0.561. The van der Waals surface area contributed by atoms with Crippen LogP contribution in [-0.2, 0) is 23.5 Å². The Bertz CT molecular complexity index is 1130. The third-order valence-corrected chi connectivity index (χ3v) is 7.98. The van der Waals surface area contributed by atoms with Gasteiger partial charge in [0.2, 0.25) is 10.0 Å². The lowest BCUT2D eigenvalue weighted by Gasteiger charge is -2.22. The molecule has 3 rings (SSSR count). The Hall–Kier alpha value is -1.94. The zero-order valence-electron chi connectivity index (χ0n) is 16.7. The van der Waals surface area contributed by atoms with Crippen LogP contribution >= 0.6 is 11.6 Å². The maximum Gasteiger partial charge on any atom is 0.269 e. The van der Waals surface area contributed by atoms with Crippen molar-refractivity contribution in [1.29, 1.82) is 0 Å². The van der Waals surface area contributed by atoms with Gasteiger partial charge in [-0.15, -0.1) is 0 Å². The molecule has 1 aromatic carbocycles. The molecular formula is C20H24ClFN2O5S. The highest BCUT2D eigenvalue weighted by atomic mass is 35.5. The largest absolute Gasteiger partial charge is 0.394 e. The van der Waals surface area contributed by atoms with E-state index in [2.05, 4.69) is 4.72 Å². The van der Waals surface area contributed by atoms with Crippen LogP contribution in [0.25, 0.3) is 0 Å². The predicted molar refractivity (Wildman–Crippen MR) is 113 cm³/mol. The average Bonchev–Trinajstić information content (AvgIpc) is 3.45. The molecule has 0 unspecified atom stereocenters. The summed E-state index contributed by atoms with van der Waals surface area (Å²) in [5.41, 5.74) is 0.843. The second-order valence-electron chi connectivity index (χ2n) is 7.82. The molecule has 30 heavy (non-hydrogen) atoms. The van der Waals surface area contributed by atoms with Crippen molar-refractivity contribution >= 4 is 27.3 Å². The van der Waals surface area contributed by atoms with E-state index in [1.54, 1.807) is 19.1 Å². The second kappa shape index (κ2) is 8.30. The van der Waals surface area contributed by atoms with E-state index in [-0.39, 0.29) is 29.2 Å². The van der Waals surface area contributed by atoms with Crippen LogP contribution in [0.2, 0.25) is 5.02 Å². The van der Waals surface area contributed by atoms with Crippen molar-refractivity contribution in [2.45, 2.75) is 43.5 Å². The molecule has 1 aliphatic rings. The number of nitrogens with one attached hydrogen (secondary N) is 1. The fourth-order valence-electron chi connectivity index (χ4n) is 3.48. The van der Waals surface area contributed by atoms with Gasteiger partial charge in [0.15, 0.2) is 0 Å². The summed E-state index contributed by atoms with van der Waals surface area (Å²) in [4.78, 5) is 12.3. The van der Waals surface area contributed by atoms with Gasteiger partial charge in [0.05, 0.1) is 23.1 Å². The molecule has 1 fully saturated rings. The summed E-state index contributed by atoms with van der Waals surface area (Å²) in [6, 6.07) is 5.90. The van der Waals surface area contributed by atoms with Crippen molar-refractivity contribution in [1.82, 2.24) is 4.57 Å². The molecule has 164 valence electrons. The van der Waals surface area contributed by atoms with Crippen molar-refractivity contribution in [3.63, 3.8) is 0 Å². The Balaban J connectivity index is 2.01. The minimum Gasteiger partial charge on any atom is -0.394 e. The number of anilines is 1. The van der Waals surface area contributed by atoms with E-state index in [9.17, 15) is 22.7 Å². The molecule has 0 saturated heterocycles. The van der Waals surface area contributed by atoms with E-state index in [0.29, 0.717) is 18.4 Å². The first kappa shape index (κ1) is 22.7. The Labute approximate surface area is 179 Å². The van der Waals surface area contributed by atoms with Gasteiger partial charge in [-0.2, -0.15) is 0 Å². The van der Waals surface area contributed by atoms with Gasteiger partial charge in [-0.3, -0.25) is 9.52 Å². The number of aliphatic hydroxyl groups excluding tert-OH is 2. The standard InChI is InChI=1S/C20H24ClFN2O5S/c1-12-3-4-13(16(22)7-12)8-18-17(9-15(21)19(27)24(18)2)23-30(28,29)20(5-6-20)10-14(26)11-25/h3-4,7,9,14,23,25-26H,5-6,8,10-11H2,1-2H3/t14-/m0/s1. The molecule has 7 nitrogen and oxygen atoms in total. The summed E-state index contributed by atoms with van der Waals surface area (Å²) in [6.45, 7) is 1.21. The van der Waals surface area contributed by atoms with Crippen molar-refractivity contribution in [2.75, 3.05) is 11.3 Å². The first-order valence-electron chi connectivity index (χ1n) is 9.44. The Morgan fingerprint density at radius 1 is 1.33 bits per heavy atom. The highest BCUT2D eigenvalue weighted by Crippen LogP contribution is 2.48. The highest BCUT2D eigenvalue weighted by Gasteiger charge is 2.55. The Morgan fingerprint density at radius 3 is 2.57 bits per heavy atom. The molecule has 1 aliphatic carbocycles. The number of rotatable bonds is 8. The molecule has 1 atom stereocenters. The molecule has 1 heterocycles. The zero-order valence-corrected chi connectivity index (χ0v) is 18.2. The number of halogens is 2. The molecule has 2 aromatic rings. The number of hydrogen-bond acceptors (Lipinski definition) is 5. The summed E-state index contributed by atoms with van der Waals surface area (Å²) in [5.74, 6) is -0.462. The summed E-state index contributed by atoms with van der Waals surface area (Å²) < 4.78 is 43.0. The van der Waals surface area contributed by atoms with Crippen molar-refractivity contribution < 1.29 is 23.0 Å². The van der Waals surface area contributed by atoms with Gasteiger partial charge in [0.1, 0.15) is 10.8 Å². The van der Waals surface area contributed by atoms with Gasteiger partial charge in [0.25, 0.3) is 5.56 Å². The van der Waals surface area contributed by atoms with Gasteiger partial charge in [-0.25, -0.2) is 12.8 Å². The lowest BCUT2D eigenvalue weighted by Crippen LogP contribution is -2.35. The third kappa shape index (κ3) is 4.39. The summed E-state index contributed by atoms with van der Waals surface area (Å²) in [5, 5.41) is 18.6. The van der Waals surface area contributed by atoms with E-state index in [1.165, 1.54) is 23.7 Å². The molecule has 10 heteroatoms. The maximum atomic E-state index is 14.4. The van der Waals surface area contributed by atoms with Gasteiger partial charge in [0, 0.05) is 19.2 Å². The Kier molecular flexibility index (Phi) is 6.29. The number of nitrogens with zero attached hydrogens (tertiary/aromatic N) is 1. The van der Waals surface area contributed by atoms with Crippen LogP contribution in [0.1, 0.15) is 36.1 Å².